The second-order valence-electron chi connectivity index (χ2n) is 7.89. The summed E-state index contributed by atoms with van der Waals surface area (Å²) in [6.45, 7) is 4.21. The highest BCUT2D eigenvalue weighted by molar-refractivity contribution is 5.89. The Balaban J connectivity index is 1.54. The van der Waals surface area contributed by atoms with Crippen LogP contribution >= 0.6 is 0 Å². The lowest BCUT2D eigenvalue weighted by molar-refractivity contribution is 0.252. The average molecular weight is 414 g/mol. The van der Waals surface area contributed by atoms with Gasteiger partial charge < -0.3 is 9.32 Å². The number of allylic oxidation sites excluding steroid dienone is 1. The Kier molecular flexibility index (Phi) is 4.70. The van der Waals surface area contributed by atoms with Crippen molar-refractivity contribution in [2.75, 3.05) is 0 Å². The Hall–Kier alpha value is -3.67. The summed E-state index contributed by atoms with van der Waals surface area (Å²) in [7, 11) is 1.91. The molecule has 0 bridgehead atoms. The number of aryl methyl sites for hydroxylation is 1. The van der Waals surface area contributed by atoms with Gasteiger partial charge in [-0.15, -0.1) is 0 Å². The third-order valence-corrected chi connectivity index (χ3v) is 5.84. The molecule has 1 aliphatic heterocycles. The first-order valence-corrected chi connectivity index (χ1v) is 10.3. The molecule has 0 spiro atoms. The van der Waals surface area contributed by atoms with Gasteiger partial charge in [0.2, 0.25) is 0 Å². The van der Waals surface area contributed by atoms with Crippen LogP contribution in [0.25, 0.3) is 27.8 Å². The molecule has 5 nitrogen and oxygen atoms in total. The van der Waals surface area contributed by atoms with E-state index >= 15 is 0 Å². The topological polar surface area (TPSA) is 46.6 Å². The molecule has 0 amide bonds. The normalized spacial score (nSPS) is 17.2. The van der Waals surface area contributed by atoms with Crippen LogP contribution in [0.1, 0.15) is 31.0 Å². The second kappa shape index (κ2) is 7.54. The van der Waals surface area contributed by atoms with Crippen LogP contribution in [-0.2, 0) is 7.05 Å². The summed E-state index contributed by atoms with van der Waals surface area (Å²) in [4.78, 5) is 6.82. The van der Waals surface area contributed by atoms with E-state index in [4.69, 9.17) is 4.42 Å². The lowest BCUT2D eigenvalue weighted by atomic mass is 9.98. The zero-order valence-electron chi connectivity index (χ0n) is 17.7. The van der Waals surface area contributed by atoms with E-state index in [1.165, 1.54) is 12.3 Å². The van der Waals surface area contributed by atoms with Crippen molar-refractivity contribution >= 4 is 22.9 Å². The maximum absolute atomic E-state index is 14.6. The van der Waals surface area contributed by atoms with E-state index in [-0.39, 0.29) is 23.6 Å². The van der Waals surface area contributed by atoms with Crippen molar-refractivity contribution in [3.63, 3.8) is 0 Å². The molecule has 0 saturated carbocycles. The fourth-order valence-electron chi connectivity index (χ4n) is 4.27. The van der Waals surface area contributed by atoms with E-state index < -0.39 is 0 Å². The largest absolute Gasteiger partial charge is 0.461 e. The third kappa shape index (κ3) is 3.44. The van der Waals surface area contributed by atoms with Gasteiger partial charge in [0, 0.05) is 41.7 Å². The predicted octanol–water partition coefficient (Wildman–Crippen LogP) is 5.81. The van der Waals surface area contributed by atoms with E-state index in [0.717, 1.165) is 33.3 Å². The highest BCUT2D eigenvalue weighted by atomic mass is 19.1. The molecule has 3 heterocycles. The van der Waals surface area contributed by atoms with Crippen LogP contribution < -0.4 is 0 Å². The van der Waals surface area contributed by atoms with E-state index in [1.807, 2.05) is 31.6 Å². The molecule has 156 valence electrons. The zero-order chi connectivity index (χ0) is 21.5. The first kappa shape index (κ1) is 19.3. The van der Waals surface area contributed by atoms with Crippen LogP contribution in [0.3, 0.4) is 0 Å². The van der Waals surface area contributed by atoms with Gasteiger partial charge >= 0.3 is 0 Å². The van der Waals surface area contributed by atoms with Crippen LogP contribution in [0.2, 0.25) is 0 Å². The number of rotatable bonds is 4. The number of nitrogens with zero attached hydrogens (tertiary/aromatic N) is 4. The van der Waals surface area contributed by atoms with Gasteiger partial charge in [-0.25, -0.2) is 4.39 Å². The molecule has 2 unspecified atom stereocenters. The monoisotopic (exact) mass is 414 g/mol. The number of furan rings is 1. The van der Waals surface area contributed by atoms with Crippen molar-refractivity contribution < 1.29 is 8.81 Å². The van der Waals surface area contributed by atoms with Crippen LogP contribution in [0.5, 0.6) is 0 Å². The van der Waals surface area contributed by atoms with Gasteiger partial charge in [-0.1, -0.05) is 18.2 Å². The first-order chi connectivity index (χ1) is 15.0. The van der Waals surface area contributed by atoms with Gasteiger partial charge in [0.05, 0.1) is 18.5 Å². The van der Waals surface area contributed by atoms with Gasteiger partial charge in [0.25, 0.3) is 0 Å². The fraction of sp³-hybridized carbons (Fsp3) is 0.200. The number of fused-ring (bicyclic) bond motifs is 1. The minimum absolute atomic E-state index is 0.0263. The van der Waals surface area contributed by atoms with E-state index in [9.17, 15) is 4.39 Å². The molecule has 6 heteroatoms. The molecular weight excluding hydrogens is 391 g/mol. The number of hydrogen-bond acceptors (Lipinski definition) is 4. The summed E-state index contributed by atoms with van der Waals surface area (Å²) in [6, 6.07) is 13.8. The Bertz CT molecular complexity index is 1320. The Morgan fingerprint density at radius 2 is 1.97 bits per heavy atom. The Labute approximate surface area is 180 Å². The SMILES string of the molecule is CC1N=CC=C(c2cc(F)c3occc3c2)N1C(C)c1cccc(-c2cnn(C)c2)c1. The van der Waals surface area contributed by atoms with Crippen LogP contribution in [0.15, 0.2) is 76.6 Å². The fourth-order valence-corrected chi connectivity index (χ4v) is 4.27. The smallest absolute Gasteiger partial charge is 0.169 e. The Morgan fingerprint density at radius 1 is 1.10 bits per heavy atom. The molecule has 1 aliphatic rings. The number of hydrogen-bond donors (Lipinski definition) is 0. The van der Waals surface area contributed by atoms with E-state index in [2.05, 4.69) is 53.1 Å². The molecule has 4 aromatic rings. The molecule has 0 aliphatic carbocycles. The molecule has 5 rings (SSSR count). The van der Waals surface area contributed by atoms with E-state index in [0.29, 0.717) is 0 Å². The average Bonchev–Trinajstić information content (AvgIpc) is 3.42. The summed E-state index contributed by atoms with van der Waals surface area (Å²) in [6.07, 6.45) is 9.05. The van der Waals surface area contributed by atoms with Crippen LogP contribution in [0, 0.1) is 5.82 Å². The number of aliphatic imine (C=N–C) groups is 1. The molecular formula is C25H23FN4O. The van der Waals surface area contributed by atoms with Crippen molar-refractivity contribution in [3.05, 3.63) is 84.1 Å². The zero-order valence-corrected chi connectivity index (χ0v) is 17.7. The summed E-state index contributed by atoms with van der Waals surface area (Å²) < 4.78 is 21.7. The van der Waals surface area contributed by atoms with E-state index in [1.54, 1.807) is 17.0 Å². The molecule has 0 N–H and O–H groups in total. The number of aromatic nitrogens is 2. The van der Waals surface area contributed by atoms with Gasteiger partial charge in [-0.2, -0.15) is 5.10 Å². The minimum atomic E-state index is -0.361. The third-order valence-electron chi connectivity index (χ3n) is 5.84. The quantitative estimate of drug-likeness (QED) is 0.424. The van der Waals surface area contributed by atoms with Gasteiger partial charge in [0.1, 0.15) is 6.17 Å². The lowest BCUT2D eigenvalue weighted by Gasteiger charge is -2.38. The molecule has 2 aromatic heterocycles. The van der Waals surface area contributed by atoms with Gasteiger partial charge in [0.15, 0.2) is 11.4 Å². The van der Waals surface area contributed by atoms with Crippen molar-refractivity contribution in [2.24, 2.45) is 12.0 Å². The van der Waals surface area contributed by atoms with Crippen molar-refractivity contribution in [3.8, 4) is 11.1 Å². The number of halogens is 1. The highest BCUT2D eigenvalue weighted by Crippen LogP contribution is 2.36. The molecule has 0 radical (unpaired) electrons. The summed E-state index contributed by atoms with van der Waals surface area (Å²) in [5, 5.41) is 5.03. The standard InChI is InChI=1S/C25H23FN4O/c1-16(18-5-4-6-19(11-18)22-14-28-29(3)15-22)30-17(2)27-9-7-24(30)21-12-20-8-10-31-25(20)23(26)13-21/h4-17H,1-3H3. The Morgan fingerprint density at radius 3 is 2.77 bits per heavy atom. The van der Waals surface area contributed by atoms with Crippen molar-refractivity contribution in [1.82, 2.24) is 14.7 Å². The molecule has 2 aromatic carbocycles. The van der Waals surface area contributed by atoms with Crippen molar-refractivity contribution in [1.29, 1.82) is 0 Å². The first-order valence-electron chi connectivity index (χ1n) is 10.3. The van der Waals surface area contributed by atoms with Crippen LogP contribution in [-0.4, -0.2) is 27.1 Å². The minimum Gasteiger partial charge on any atom is -0.461 e. The van der Waals surface area contributed by atoms with Gasteiger partial charge in [-0.05, 0) is 55.3 Å². The predicted molar refractivity (Wildman–Crippen MR) is 121 cm³/mol. The molecule has 31 heavy (non-hydrogen) atoms. The second-order valence-corrected chi connectivity index (χ2v) is 7.89. The molecule has 2 atom stereocenters. The van der Waals surface area contributed by atoms with Gasteiger partial charge in [-0.3, -0.25) is 9.67 Å². The number of benzene rings is 2. The van der Waals surface area contributed by atoms with Crippen molar-refractivity contribution in [2.45, 2.75) is 26.1 Å². The maximum Gasteiger partial charge on any atom is 0.169 e. The lowest BCUT2D eigenvalue weighted by Crippen LogP contribution is -2.35. The highest BCUT2D eigenvalue weighted by Gasteiger charge is 2.27. The summed E-state index contributed by atoms with van der Waals surface area (Å²) >= 11 is 0. The summed E-state index contributed by atoms with van der Waals surface area (Å²) in [5.41, 5.74) is 5.36. The van der Waals surface area contributed by atoms with Crippen LogP contribution in [0.4, 0.5) is 4.39 Å². The maximum atomic E-state index is 14.6. The molecule has 0 saturated heterocycles. The molecule has 0 fully saturated rings. The summed E-state index contributed by atoms with van der Waals surface area (Å²) in [5.74, 6) is -0.361.